The number of rotatable bonds is 4. The Morgan fingerprint density at radius 3 is 2.38 bits per heavy atom. The van der Waals surface area contributed by atoms with Crippen LogP contribution in [0.5, 0.6) is 0 Å². The van der Waals surface area contributed by atoms with Crippen LogP contribution in [0.1, 0.15) is 17.5 Å². The van der Waals surface area contributed by atoms with Crippen LogP contribution in [-0.4, -0.2) is 13.4 Å². The fraction of sp³-hybridized carbons (Fsp3) is 0.188. The quantitative estimate of drug-likeness (QED) is 0.656. The Kier molecular flexibility index (Phi) is 4.55. The summed E-state index contributed by atoms with van der Waals surface area (Å²) in [6, 6.07) is 10.8. The number of benzene rings is 2. The second kappa shape index (κ2) is 6.31. The highest BCUT2D eigenvalue weighted by Gasteiger charge is 2.33. The number of hydrogen-bond acceptors (Lipinski definition) is 5. The standard InChI is InChI=1S/C16H14F3N3O2S2/c1-15(20,22-26(23,24)11-5-3-2-4-6-11)14-21-12-8-7-10(16(17,18)19)9-13(12)25-14/h2-9,22H,20H2,1H3. The molecule has 10 heteroatoms. The summed E-state index contributed by atoms with van der Waals surface area (Å²) in [7, 11) is -3.92. The summed E-state index contributed by atoms with van der Waals surface area (Å²) < 4.78 is 66.0. The smallest absolute Gasteiger partial charge is 0.307 e. The molecule has 138 valence electrons. The average Bonchev–Trinajstić information content (AvgIpc) is 2.98. The van der Waals surface area contributed by atoms with Crippen LogP contribution in [0.3, 0.4) is 0 Å². The Bertz CT molecular complexity index is 1050. The van der Waals surface area contributed by atoms with Gasteiger partial charge < -0.3 is 5.73 Å². The van der Waals surface area contributed by atoms with E-state index in [1.54, 1.807) is 18.2 Å². The Morgan fingerprint density at radius 1 is 1.12 bits per heavy atom. The number of sulfonamides is 1. The first-order valence-electron chi connectivity index (χ1n) is 7.35. The molecule has 1 atom stereocenters. The van der Waals surface area contributed by atoms with E-state index < -0.39 is 27.4 Å². The Hall–Kier alpha value is -2.01. The lowest BCUT2D eigenvalue weighted by atomic mass is 10.2. The molecule has 0 spiro atoms. The third-order valence-electron chi connectivity index (χ3n) is 3.56. The fourth-order valence-electron chi connectivity index (χ4n) is 2.30. The molecule has 0 fully saturated rings. The van der Waals surface area contributed by atoms with Crippen molar-refractivity contribution in [2.45, 2.75) is 23.7 Å². The number of nitrogens with two attached hydrogens (primary N) is 1. The van der Waals surface area contributed by atoms with Gasteiger partial charge in [0, 0.05) is 0 Å². The van der Waals surface area contributed by atoms with Crippen molar-refractivity contribution in [2.75, 3.05) is 0 Å². The molecule has 1 aromatic heterocycles. The van der Waals surface area contributed by atoms with Gasteiger partial charge in [-0.05, 0) is 37.3 Å². The van der Waals surface area contributed by atoms with Crippen LogP contribution >= 0.6 is 11.3 Å². The molecular formula is C16H14F3N3O2S2. The summed E-state index contributed by atoms with van der Waals surface area (Å²) in [5, 5.41) is 0.159. The third-order valence-corrected chi connectivity index (χ3v) is 6.40. The second-order valence-corrected chi connectivity index (χ2v) is 8.53. The van der Waals surface area contributed by atoms with Crippen LogP contribution in [-0.2, 0) is 21.9 Å². The van der Waals surface area contributed by atoms with Gasteiger partial charge in [0.25, 0.3) is 0 Å². The van der Waals surface area contributed by atoms with E-state index in [0.29, 0.717) is 5.52 Å². The monoisotopic (exact) mass is 401 g/mol. The Morgan fingerprint density at radius 2 is 1.77 bits per heavy atom. The van der Waals surface area contributed by atoms with Crippen LogP contribution in [0.2, 0.25) is 0 Å². The molecule has 3 N–H and O–H groups in total. The highest BCUT2D eigenvalue weighted by molar-refractivity contribution is 7.89. The van der Waals surface area contributed by atoms with Gasteiger partial charge in [0.05, 0.1) is 20.7 Å². The first-order chi connectivity index (χ1) is 12.0. The summed E-state index contributed by atoms with van der Waals surface area (Å²) in [5.74, 6) is 0. The van der Waals surface area contributed by atoms with E-state index in [2.05, 4.69) is 9.71 Å². The lowest BCUT2D eigenvalue weighted by molar-refractivity contribution is -0.137. The maximum atomic E-state index is 12.8. The first-order valence-corrected chi connectivity index (χ1v) is 9.65. The maximum absolute atomic E-state index is 12.8. The average molecular weight is 401 g/mol. The highest BCUT2D eigenvalue weighted by atomic mass is 32.2. The van der Waals surface area contributed by atoms with Crippen molar-refractivity contribution in [3.8, 4) is 0 Å². The molecule has 0 radical (unpaired) electrons. The molecule has 26 heavy (non-hydrogen) atoms. The van der Waals surface area contributed by atoms with Gasteiger partial charge in [0.15, 0.2) is 0 Å². The largest absolute Gasteiger partial charge is 0.416 e. The predicted octanol–water partition coefficient (Wildman–Crippen LogP) is 3.43. The second-order valence-electron chi connectivity index (χ2n) is 5.82. The van der Waals surface area contributed by atoms with Crippen molar-refractivity contribution in [3.63, 3.8) is 0 Å². The van der Waals surface area contributed by atoms with Gasteiger partial charge in [-0.15, -0.1) is 11.3 Å². The molecule has 0 aliphatic heterocycles. The topological polar surface area (TPSA) is 85.1 Å². The number of thiazole rings is 1. The van der Waals surface area contributed by atoms with E-state index in [1.165, 1.54) is 25.1 Å². The summed E-state index contributed by atoms with van der Waals surface area (Å²) in [5.41, 5.74) is 4.01. The molecule has 1 heterocycles. The first kappa shape index (κ1) is 18.8. The zero-order chi connectivity index (χ0) is 19.2. The molecule has 0 bridgehead atoms. The van der Waals surface area contributed by atoms with E-state index in [-0.39, 0.29) is 14.6 Å². The molecule has 0 aliphatic rings. The number of halogens is 3. The normalized spacial score (nSPS) is 15.1. The lowest BCUT2D eigenvalue weighted by Crippen LogP contribution is -2.50. The van der Waals surface area contributed by atoms with Gasteiger partial charge in [-0.2, -0.15) is 17.9 Å². The van der Waals surface area contributed by atoms with Crippen LogP contribution in [0.25, 0.3) is 10.2 Å². The number of nitrogens with zero attached hydrogens (tertiary/aromatic N) is 1. The van der Waals surface area contributed by atoms with E-state index in [4.69, 9.17) is 5.73 Å². The number of alkyl halides is 3. The van der Waals surface area contributed by atoms with Crippen LogP contribution in [0, 0.1) is 0 Å². The van der Waals surface area contributed by atoms with Crippen LogP contribution in [0.4, 0.5) is 13.2 Å². The highest BCUT2D eigenvalue weighted by Crippen LogP contribution is 2.34. The van der Waals surface area contributed by atoms with Crippen molar-refractivity contribution >= 4 is 31.6 Å². The third kappa shape index (κ3) is 3.73. The summed E-state index contributed by atoms with van der Waals surface area (Å²) in [4.78, 5) is 4.21. The predicted molar refractivity (Wildman–Crippen MR) is 92.9 cm³/mol. The SMILES string of the molecule is CC(N)(NS(=O)(=O)c1ccccc1)c1nc2ccc(C(F)(F)F)cc2s1. The van der Waals surface area contributed by atoms with Gasteiger partial charge in [-0.3, -0.25) is 0 Å². The van der Waals surface area contributed by atoms with Gasteiger partial charge in [-0.25, -0.2) is 13.4 Å². The van der Waals surface area contributed by atoms with E-state index >= 15 is 0 Å². The number of hydrogen-bond donors (Lipinski definition) is 2. The Labute approximate surface area is 151 Å². The minimum atomic E-state index is -4.47. The molecule has 0 saturated heterocycles. The molecule has 0 aliphatic carbocycles. The van der Waals surface area contributed by atoms with Gasteiger partial charge in [-0.1, -0.05) is 18.2 Å². The van der Waals surface area contributed by atoms with E-state index in [1.807, 2.05) is 0 Å². The molecule has 0 amide bonds. The van der Waals surface area contributed by atoms with E-state index in [9.17, 15) is 21.6 Å². The lowest BCUT2D eigenvalue weighted by Gasteiger charge is -2.23. The molecule has 2 aromatic carbocycles. The molecular weight excluding hydrogens is 387 g/mol. The van der Waals surface area contributed by atoms with Gasteiger partial charge in [0.2, 0.25) is 10.0 Å². The zero-order valence-corrected chi connectivity index (χ0v) is 15.0. The van der Waals surface area contributed by atoms with Crippen LogP contribution < -0.4 is 10.5 Å². The maximum Gasteiger partial charge on any atom is 0.416 e. The number of nitrogens with one attached hydrogen (secondary N) is 1. The zero-order valence-electron chi connectivity index (χ0n) is 13.4. The summed E-state index contributed by atoms with van der Waals surface area (Å²) in [6.07, 6.45) is -4.47. The van der Waals surface area contributed by atoms with Crippen molar-refractivity contribution in [2.24, 2.45) is 5.73 Å². The summed E-state index contributed by atoms with van der Waals surface area (Å²) in [6.45, 7) is 1.40. The van der Waals surface area contributed by atoms with Gasteiger partial charge >= 0.3 is 6.18 Å². The van der Waals surface area contributed by atoms with Crippen molar-refractivity contribution < 1.29 is 21.6 Å². The minimum absolute atomic E-state index is 0.0251. The number of aromatic nitrogens is 1. The van der Waals surface area contributed by atoms with E-state index in [0.717, 1.165) is 23.5 Å². The van der Waals surface area contributed by atoms with Crippen LogP contribution in [0.15, 0.2) is 53.4 Å². The van der Waals surface area contributed by atoms with Crippen molar-refractivity contribution in [1.82, 2.24) is 9.71 Å². The summed E-state index contributed by atoms with van der Waals surface area (Å²) >= 11 is 0.907. The van der Waals surface area contributed by atoms with Crippen molar-refractivity contribution in [3.05, 3.63) is 59.1 Å². The molecule has 3 rings (SSSR count). The molecule has 5 nitrogen and oxygen atoms in total. The molecule has 0 saturated carbocycles. The number of fused-ring (bicyclic) bond motifs is 1. The van der Waals surface area contributed by atoms with Crippen molar-refractivity contribution in [1.29, 1.82) is 0 Å². The minimum Gasteiger partial charge on any atom is -0.307 e. The Balaban J connectivity index is 1.97. The fourth-order valence-corrected chi connectivity index (χ4v) is 4.68. The van der Waals surface area contributed by atoms with Gasteiger partial charge in [0.1, 0.15) is 10.7 Å². The molecule has 1 unspecified atom stereocenters. The molecule has 3 aromatic rings.